The molecule has 0 aromatic heterocycles. The molecule has 1 amide bonds. The minimum atomic E-state index is -0.847. The van der Waals surface area contributed by atoms with Crippen LogP contribution < -0.4 is 0 Å². The first-order valence-electron chi connectivity index (χ1n) is 2.33. The van der Waals surface area contributed by atoms with E-state index in [9.17, 15) is 4.79 Å². The van der Waals surface area contributed by atoms with Gasteiger partial charge < -0.3 is 4.90 Å². The van der Waals surface area contributed by atoms with E-state index in [-0.39, 0.29) is 0 Å². The molecule has 0 aromatic rings. The van der Waals surface area contributed by atoms with Crippen molar-refractivity contribution in [1.82, 2.24) is 4.90 Å². The predicted octanol–water partition coefficient (Wildman–Crippen LogP) is 2.43. The summed E-state index contributed by atoms with van der Waals surface area (Å²) < 4.78 is 0. The standard InChI is InChI=1S/C4H6Cl3NO/c1-2-8(3(5)6)4(7)9/h3H,2H2,1H3. The maximum Gasteiger partial charge on any atom is 0.318 e. The summed E-state index contributed by atoms with van der Waals surface area (Å²) in [4.78, 5) is 10.6. The molecule has 0 aliphatic heterocycles. The van der Waals surface area contributed by atoms with Crippen LogP contribution in [-0.4, -0.2) is 21.8 Å². The van der Waals surface area contributed by atoms with E-state index in [2.05, 4.69) is 0 Å². The number of carbonyl (C=O) groups excluding carboxylic acids is 1. The molecule has 2 nitrogen and oxygen atoms in total. The smallest absolute Gasteiger partial charge is 0.300 e. The summed E-state index contributed by atoms with van der Waals surface area (Å²) >= 11 is 15.7. The van der Waals surface area contributed by atoms with Crippen LogP contribution in [0.5, 0.6) is 0 Å². The zero-order valence-electron chi connectivity index (χ0n) is 4.77. The van der Waals surface area contributed by atoms with Crippen LogP contribution in [0.1, 0.15) is 6.92 Å². The lowest BCUT2D eigenvalue weighted by molar-refractivity contribution is 0.228. The van der Waals surface area contributed by atoms with Crippen LogP contribution in [0.4, 0.5) is 4.79 Å². The van der Waals surface area contributed by atoms with Crippen LogP contribution in [-0.2, 0) is 0 Å². The van der Waals surface area contributed by atoms with E-state index in [4.69, 9.17) is 34.8 Å². The van der Waals surface area contributed by atoms with Gasteiger partial charge >= 0.3 is 5.37 Å². The Hall–Kier alpha value is 0.340. The molecular weight excluding hydrogens is 184 g/mol. The van der Waals surface area contributed by atoms with Crippen LogP contribution in [0.3, 0.4) is 0 Å². The van der Waals surface area contributed by atoms with Gasteiger partial charge in [0.1, 0.15) is 0 Å². The molecule has 0 saturated heterocycles. The first-order valence-corrected chi connectivity index (χ1v) is 3.59. The highest BCUT2D eigenvalue weighted by molar-refractivity contribution is 6.64. The van der Waals surface area contributed by atoms with Crippen molar-refractivity contribution >= 4 is 40.2 Å². The quantitative estimate of drug-likeness (QED) is 0.372. The monoisotopic (exact) mass is 189 g/mol. The van der Waals surface area contributed by atoms with Crippen molar-refractivity contribution in [2.45, 2.75) is 11.9 Å². The number of carbonyl (C=O) groups is 1. The molecule has 54 valence electrons. The van der Waals surface area contributed by atoms with Crippen molar-refractivity contribution in [1.29, 1.82) is 0 Å². The molecule has 0 radical (unpaired) electrons. The molecule has 0 aromatic carbocycles. The lowest BCUT2D eigenvalue weighted by Crippen LogP contribution is -2.29. The van der Waals surface area contributed by atoms with Gasteiger partial charge in [0, 0.05) is 6.54 Å². The van der Waals surface area contributed by atoms with Gasteiger partial charge in [-0.2, -0.15) is 0 Å². The Bertz CT molecular complexity index is 106. The molecule has 0 heterocycles. The Morgan fingerprint density at radius 2 is 2.11 bits per heavy atom. The van der Waals surface area contributed by atoms with E-state index in [1.54, 1.807) is 6.92 Å². The van der Waals surface area contributed by atoms with Gasteiger partial charge in [0.15, 0.2) is 4.96 Å². The minimum Gasteiger partial charge on any atom is -0.300 e. The van der Waals surface area contributed by atoms with E-state index in [0.717, 1.165) is 4.90 Å². The van der Waals surface area contributed by atoms with Crippen LogP contribution in [0.2, 0.25) is 0 Å². The maximum atomic E-state index is 10.3. The van der Waals surface area contributed by atoms with E-state index < -0.39 is 10.3 Å². The number of alkyl halides is 2. The summed E-state index contributed by atoms with van der Waals surface area (Å²) in [5.74, 6) is 0. The van der Waals surface area contributed by atoms with Gasteiger partial charge in [0.25, 0.3) is 0 Å². The number of amides is 1. The molecule has 0 aliphatic rings. The third kappa shape index (κ3) is 3.14. The summed E-state index contributed by atoms with van der Waals surface area (Å²) in [7, 11) is 0. The fourth-order valence-electron chi connectivity index (χ4n) is 0.339. The molecule has 0 fully saturated rings. The van der Waals surface area contributed by atoms with Crippen LogP contribution in [0.15, 0.2) is 0 Å². The molecule has 0 saturated carbocycles. The van der Waals surface area contributed by atoms with E-state index in [1.165, 1.54) is 0 Å². The summed E-state index contributed by atoms with van der Waals surface area (Å²) in [5.41, 5.74) is 0. The number of halogens is 3. The lowest BCUT2D eigenvalue weighted by Gasteiger charge is -2.17. The SMILES string of the molecule is CCN(C(=O)Cl)C(Cl)Cl. The topological polar surface area (TPSA) is 20.3 Å². The number of rotatable bonds is 2. The molecule has 0 rings (SSSR count). The third-order valence-corrected chi connectivity index (χ3v) is 1.49. The average Bonchev–Trinajstić information content (AvgIpc) is 1.64. The number of hydrogen-bond acceptors (Lipinski definition) is 1. The van der Waals surface area contributed by atoms with E-state index in [1.807, 2.05) is 0 Å². The summed E-state index contributed by atoms with van der Waals surface area (Å²) in [6.45, 7) is 2.15. The van der Waals surface area contributed by atoms with Crippen LogP contribution in [0, 0.1) is 0 Å². The van der Waals surface area contributed by atoms with Crippen molar-refractivity contribution in [3.63, 3.8) is 0 Å². The number of hydrogen-bond donors (Lipinski definition) is 0. The Labute approximate surface area is 68.7 Å². The fourth-order valence-corrected chi connectivity index (χ4v) is 1.11. The first-order chi connectivity index (χ1) is 4.09. The van der Waals surface area contributed by atoms with Gasteiger partial charge in [-0.25, -0.2) is 0 Å². The Morgan fingerprint density at radius 1 is 1.67 bits per heavy atom. The second kappa shape index (κ2) is 4.20. The minimum absolute atomic E-state index is 0.417. The van der Waals surface area contributed by atoms with E-state index >= 15 is 0 Å². The Balaban J connectivity index is 3.83. The highest BCUT2D eigenvalue weighted by atomic mass is 35.5. The van der Waals surface area contributed by atoms with Crippen LogP contribution >= 0.6 is 34.8 Å². The van der Waals surface area contributed by atoms with Crippen LogP contribution in [0.25, 0.3) is 0 Å². The summed E-state index contributed by atoms with van der Waals surface area (Å²) in [5, 5.41) is -0.632. The molecule has 5 heteroatoms. The van der Waals surface area contributed by atoms with Gasteiger partial charge in [0.2, 0.25) is 0 Å². The maximum absolute atomic E-state index is 10.3. The van der Waals surface area contributed by atoms with Crippen molar-refractivity contribution in [2.24, 2.45) is 0 Å². The van der Waals surface area contributed by atoms with Crippen molar-refractivity contribution in [3.05, 3.63) is 0 Å². The molecule has 0 aliphatic carbocycles. The van der Waals surface area contributed by atoms with Gasteiger partial charge in [-0.05, 0) is 18.5 Å². The van der Waals surface area contributed by atoms with Gasteiger partial charge in [-0.3, -0.25) is 4.79 Å². The molecule has 0 spiro atoms. The normalized spacial score (nSPS) is 9.89. The van der Waals surface area contributed by atoms with Crippen molar-refractivity contribution in [2.75, 3.05) is 6.54 Å². The fraction of sp³-hybridized carbons (Fsp3) is 0.750. The second-order valence-corrected chi connectivity index (χ2v) is 2.69. The molecule has 0 bridgehead atoms. The van der Waals surface area contributed by atoms with Gasteiger partial charge in [0.05, 0.1) is 0 Å². The van der Waals surface area contributed by atoms with Gasteiger partial charge in [-0.1, -0.05) is 23.2 Å². The summed E-state index contributed by atoms with van der Waals surface area (Å²) in [6, 6.07) is 0. The zero-order chi connectivity index (χ0) is 7.44. The third-order valence-electron chi connectivity index (χ3n) is 0.802. The number of nitrogens with zero attached hydrogens (tertiary/aromatic N) is 1. The van der Waals surface area contributed by atoms with Crippen molar-refractivity contribution < 1.29 is 4.79 Å². The van der Waals surface area contributed by atoms with E-state index in [0.29, 0.717) is 6.54 Å². The second-order valence-electron chi connectivity index (χ2n) is 1.32. The molecular formula is C4H6Cl3NO. The summed E-state index contributed by atoms with van der Waals surface area (Å²) in [6.07, 6.45) is 0. The Kier molecular flexibility index (Phi) is 4.36. The largest absolute Gasteiger partial charge is 0.318 e. The highest BCUT2D eigenvalue weighted by Gasteiger charge is 2.14. The average molecular weight is 190 g/mol. The molecule has 0 atom stereocenters. The first kappa shape index (κ1) is 9.34. The highest BCUT2D eigenvalue weighted by Crippen LogP contribution is 2.11. The Morgan fingerprint density at radius 3 is 2.11 bits per heavy atom. The predicted molar refractivity (Wildman–Crippen MR) is 39.1 cm³/mol. The molecule has 0 unspecified atom stereocenters. The lowest BCUT2D eigenvalue weighted by atomic mass is 10.7. The zero-order valence-corrected chi connectivity index (χ0v) is 7.04. The molecule has 0 N–H and O–H groups in total. The molecule has 9 heavy (non-hydrogen) atoms. The van der Waals surface area contributed by atoms with Gasteiger partial charge in [-0.15, -0.1) is 0 Å². The van der Waals surface area contributed by atoms with Crippen molar-refractivity contribution in [3.8, 4) is 0 Å².